The van der Waals surface area contributed by atoms with E-state index in [9.17, 15) is 13.2 Å². The maximum Gasteiger partial charge on any atom is 0.265 e. The molecule has 110 valence electrons. The number of methoxy groups -OCH3 is 1. The van der Waals surface area contributed by atoms with Crippen molar-refractivity contribution < 1.29 is 17.9 Å². The molecular weight excluding hydrogens is 292 g/mol. The Hall–Kier alpha value is -2.25. The number of aromatic nitrogens is 1. The van der Waals surface area contributed by atoms with Crippen LogP contribution >= 0.6 is 0 Å². The summed E-state index contributed by atoms with van der Waals surface area (Å²) in [5.74, 6) is -0.692. The number of hydrogen-bond donors (Lipinski definition) is 1. The second-order valence-electron chi connectivity index (χ2n) is 4.25. The lowest BCUT2D eigenvalue weighted by atomic mass is 10.1. The van der Waals surface area contributed by atoms with Crippen LogP contribution in [-0.4, -0.2) is 26.4 Å². The van der Waals surface area contributed by atoms with Crippen molar-refractivity contribution in [2.24, 2.45) is 0 Å². The van der Waals surface area contributed by atoms with E-state index in [2.05, 4.69) is 4.98 Å². The van der Waals surface area contributed by atoms with Crippen LogP contribution in [0.4, 0.5) is 0 Å². The monoisotopic (exact) mass is 306 g/mol. The first-order chi connectivity index (χ1) is 10.0. The summed E-state index contributed by atoms with van der Waals surface area (Å²) >= 11 is 0. The number of carbonyl (C=O) groups is 1. The van der Waals surface area contributed by atoms with Crippen molar-refractivity contribution in [1.82, 2.24) is 9.71 Å². The van der Waals surface area contributed by atoms with E-state index in [1.165, 1.54) is 24.5 Å². The first-order valence-electron chi connectivity index (χ1n) is 6.08. The third kappa shape index (κ3) is 3.87. The van der Waals surface area contributed by atoms with Gasteiger partial charge >= 0.3 is 0 Å². The van der Waals surface area contributed by atoms with Crippen molar-refractivity contribution in [3.63, 3.8) is 0 Å². The van der Waals surface area contributed by atoms with Crippen molar-refractivity contribution in [2.75, 3.05) is 7.11 Å². The summed E-state index contributed by atoms with van der Waals surface area (Å²) in [5.41, 5.74) is 1.14. The van der Waals surface area contributed by atoms with Crippen LogP contribution in [0.5, 0.6) is 0 Å². The Morgan fingerprint density at radius 2 is 1.95 bits per heavy atom. The third-order valence-electron chi connectivity index (χ3n) is 2.70. The van der Waals surface area contributed by atoms with Crippen molar-refractivity contribution >= 4 is 15.9 Å². The highest BCUT2D eigenvalue weighted by molar-refractivity contribution is 7.90. The maximum absolute atomic E-state index is 12.0. The Labute approximate surface area is 122 Å². The average molecular weight is 306 g/mol. The molecule has 0 bridgehead atoms. The van der Waals surface area contributed by atoms with E-state index in [-0.39, 0.29) is 10.5 Å². The molecule has 2 rings (SSSR count). The zero-order valence-corrected chi connectivity index (χ0v) is 12.1. The molecule has 6 nitrogen and oxygen atoms in total. The molecule has 0 radical (unpaired) electrons. The van der Waals surface area contributed by atoms with Crippen molar-refractivity contribution in [3.8, 4) is 0 Å². The van der Waals surface area contributed by atoms with Gasteiger partial charge in [-0.25, -0.2) is 13.1 Å². The summed E-state index contributed by atoms with van der Waals surface area (Å²) in [7, 11) is -2.34. The average Bonchev–Trinajstić information content (AvgIpc) is 2.49. The number of hydrogen-bond acceptors (Lipinski definition) is 5. The van der Waals surface area contributed by atoms with Gasteiger partial charge in [0.15, 0.2) is 0 Å². The summed E-state index contributed by atoms with van der Waals surface area (Å²) in [6, 6.07) is 9.35. The molecule has 1 aromatic carbocycles. The van der Waals surface area contributed by atoms with Crippen LogP contribution in [0.2, 0.25) is 0 Å². The van der Waals surface area contributed by atoms with Crippen LogP contribution in [-0.2, 0) is 21.4 Å². The lowest BCUT2D eigenvalue weighted by Crippen LogP contribution is -2.30. The van der Waals surface area contributed by atoms with Gasteiger partial charge in [0.05, 0.1) is 6.61 Å². The van der Waals surface area contributed by atoms with Gasteiger partial charge in [0.2, 0.25) is 0 Å². The standard InChI is InChI=1S/C14H14N2O4S/c1-20-10-11-4-6-12(7-5-11)14(17)16-21(18,19)13-3-2-8-15-9-13/h2-9H,10H2,1H3,(H,16,17). The highest BCUT2D eigenvalue weighted by Crippen LogP contribution is 2.09. The normalized spacial score (nSPS) is 11.1. The number of ether oxygens (including phenoxy) is 1. The van der Waals surface area contributed by atoms with Gasteiger partial charge in [0.1, 0.15) is 4.90 Å². The first-order valence-corrected chi connectivity index (χ1v) is 7.56. The second-order valence-corrected chi connectivity index (χ2v) is 5.94. The molecule has 0 saturated heterocycles. The van der Waals surface area contributed by atoms with E-state index in [0.717, 1.165) is 5.56 Å². The van der Waals surface area contributed by atoms with E-state index < -0.39 is 15.9 Å². The molecule has 7 heteroatoms. The lowest BCUT2D eigenvalue weighted by molar-refractivity contribution is 0.0981. The molecule has 1 N–H and O–H groups in total. The SMILES string of the molecule is COCc1ccc(C(=O)NS(=O)(=O)c2cccnc2)cc1. The van der Waals surface area contributed by atoms with Crippen molar-refractivity contribution in [1.29, 1.82) is 0 Å². The molecule has 21 heavy (non-hydrogen) atoms. The number of benzene rings is 1. The Morgan fingerprint density at radius 1 is 1.24 bits per heavy atom. The van der Waals surface area contributed by atoms with Crippen LogP contribution in [0, 0.1) is 0 Å². The van der Waals surface area contributed by atoms with Crippen LogP contribution < -0.4 is 4.72 Å². The van der Waals surface area contributed by atoms with E-state index in [1.54, 1.807) is 31.4 Å². The Balaban J connectivity index is 2.14. The molecule has 0 saturated carbocycles. The number of amides is 1. The summed E-state index contributed by atoms with van der Waals surface area (Å²) in [6.07, 6.45) is 2.63. The fourth-order valence-corrected chi connectivity index (χ4v) is 2.60. The highest BCUT2D eigenvalue weighted by Gasteiger charge is 2.18. The number of pyridine rings is 1. The number of nitrogens with one attached hydrogen (secondary N) is 1. The van der Waals surface area contributed by atoms with Crippen molar-refractivity contribution in [2.45, 2.75) is 11.5 Å². The molecule has 0 fully saturated rings. The van der Waals surface area contributed by atoms with Crippen LogP contribution in [0.15, 0.2) is 53.7 Å². The Bertz CT molecular complexity index is 712. The number of rotatable bonds is 5. The fraction of sp³-hybridized carbons (Fsp3) is 0.143. The van der Waals surface area contributed by atoms with Crippen molar-refractivity contribution in [3.05, 3.63) is 59.9 Å². The van der Waals surface area contributed by atoms with Gasteiger partial charge in [-0.2, -0.15) is 0 Å². The minimum atomic E-state index is -3.91. The second kappa shape index (κ2) is 6.47. The van der Waals surface area contributed by atoms with Gasteiger partial charge in [-0.1, -0.05) is 12.1 Å². The topological polar surface area (TPSA) is 85.4 Å². The zero-order chi connectivity index (χ0) is 15.3. The molecule has 0 aliphatic heterocycles. The quantitative estimate of drug-likeness (QED) is 0.901. The highest BCUT2D eigenvalue weighted by atomic mass is 32.2. The minimum Gasteiger partial charge on any atom is -0.380 e. The largest absolute Gasteiger partial charge is 0.380 e. The molecule has 0 aliphatic carbocycles. The summed E-state index contributed by atoms with van der Waals surface area (Å²) in [4.78, 5) is 15.6. The molecular formula is C14H14N2O4S. The first kappa shape index (κ1) is 15.1. The number of sulfonamides is 1. The van der Waals surface area contributed by atoms with Crippen LogP contribution in [0.3, 0.4) is 0 Å². The van der Waals surface area contributed by atoms with Gasteiger partial charge in [0.25, 0.3) is 15.9 Å². The molecule has 0 unspecified atom stereocenters. The predicted molar refractivity (Wildman–Crippen MR) is 76.0 cm³/mol. The van der Waals surface area contributed by atoms with Gasteiger partial charge in [-0.15, -0.1) is 0 Å². The van der Waals surface area contributed by atoms with E-state index in [4.69, 9.17) is 4.74 Å². The summed E-state index contributed by atoms with van der Waals surface area (Å²) < 4.78 is 31.0. The molecule has 0 atom stereocenters. The van der Waals surface area contributed by atoms with Gasteiger partial charge in [-0.3, -0.25) is 9.78 Å². The lowest BCUT2D eigenvalue weighted by Gasteiger charge is -2.07. The molecule has 2 aromatic rings. The van der Waals surface area contributed by atoms with E-state index in [1.807, 2.05) is 4.72 Å². The Kier molecular flexibility index (Phi) is 4.66. The van der Waals surface area contributed by atoms with Crippen LogP contribution in [0.25, 0.3) is 0 Å². The zero-order valence-electron chi connectivity index (χ0n) is 11.3. The smallest absolute Gasteiger partial charge is 0.265 e. The summed E-state index contributed by atoms with van der Waals surface area (Å²) in [6.45, 7) is 0.426. The fourth-order valence-electron chi connectivity index (χ4n) is 1.66. The number of carbonyl (C=O) groups excluding carboxylic acids is 1. The molecule has 1 aromatic heterocycles. The predicted octanol–water partition coefficient (Wildman–Crippen LogP) is 1.35. The van der Waals surface area contributed by atoms with Gasteiger partial charge < -0.3 is 4.74 Å². The van der Waals surface area contributed by atoms with Gasteiger partial charge in [-0.05, 0) is 29.8 Å². The Morgan fingerprint density at radius 3 is 2.52 bits per heavy atom. The molecule has 0 aliphatic rings. The third-order valence-corrected chi connectivity index (χ3v) is 4.02. The van der Waals surface area contributed by atoms with Gasteiger partial charge in [0, 0.05) is 25.1 Å². The maximum atomic E-state index is 12.0. The summed E-state index contributed by atoms with van der Waals surface area (Å²) in [5, 5.41) is 0. The van der Waals surface area contributed by atoms with E-state index >= 15 is 0 Å². The number of nitrogens with zero attached hydrogens (tertiary/aromatic N) is 1. The molecule has 1 heterocycles. The molecule has 1 amide bonds. The van der Waals surface area contributed by atoms with E-state index in [0.29, 0.717) is 6.61 Å². The minimum absolute atomic E-state index is 0.0608. The van der Waals surface area contributed by atoms with Crippen LogP contribution in [0.1, 0.15) is 15.9 Å². The molecule has 0 spiro atoms.